The summed E-state index contributed by atoms with van der Waals surface area (Å²) in [4.78, 5) is 8.74. The second-order valence-electron chi connectivity index (χ2n) is 6.31. The number of nitrogens with one attached hydrogen (secondary N) is 2. The molecule has 0 amide bonds. The van der Waals surface area contributed by atoms with Gasteiger partial charge in [0.2, 0.25) is 10.0 Å². The van der Waals surface area contributed by atoms with Crippen molar-refractivity contribution in [1.29, 1.82) is 0 Å². The third-order valence-corrected chi connectivity index (χ3v) is 5.28. The fourth-order valence-corrected chi connectivity index (χ4v) is 3.76. The molecule has 2 N–H and O–H groups in total. The van der Waals surface area contributed by atoms with Crippen molar-refractivity contribution in [1.82, 2.24) is 19.3 Å². The first-order chi connectivity index (χ1) is 12.9. The summed E-state index contributed by atoms with van der Waals surface area (Å²) in [6, 6.07) is 13.2. The summed E-state index contributed by atoms with van der Waals surface area (Å²) < 4.78 is 28.9. The van der Waals surface area contributed by atoms with Crippen LogP contribution in [-0.4, -0.2) is 36.0 Å². The monoisotopic (exact) mass is 385 g/mol. The van der Waals surface area contributed by atoms with Gasteiger partial charge < -0.3 is 9.88 Å². The summed E-state index contributed by atoms with van der Waals surface area (Å²) in [5.74, 6) is 2.03. The van der Waals surface area contributed by atoms with Crippen LogP contribution in [0.4, 0.5) is 5.82 Å². The van der Waals surface area contributed by atoms with E-state index in [2.05, 4.69) is 20.0 Å². The average molecular weight is 385 g/mol. The molecule has 0 saturated carbocycles. The molecule has 0 aliphatic heterocycles. The molecule has 0 atom stereocenters. The Balaban J connectivity index is 1.53. The smallest absolute Gasteiger partial charge is 0.215 e. The van der Waals surface area contributed by atoms with E-state index >= 15 is 0 Å². The number of sulfonamides is 1. The Morgan fingerprint density at radius 1 is 1.00 bits per heavy atom. The van der Waals surface area contributed by atoms with E-state index in [9.17, 15) is 8.42 Å². The highest BCUT2D eigenvalue weighted by molar-refractivity contribution is 7.88. The fraction of sp³-hybridized carbons (Fsp3) is 0.263. The van der Waals surface area contributed by atoms with E-state index in [1.165, 1.54) is 0 Å². The summed E-state index contributed by atoms with van der Waals surface area (Å²) in [5, 5.41) is 3.14. The van der Waals surface area contributed by atoms with Gasteiger partial charge in [-0.2, -0.15) is 0 Å². The lowest BCUT2D eigenvalue weighted by molar-refractivity contribution is 0.582. The van der Waals surface area contributed by atoms with E-state index < -0.39 is 10.0 Å². The molecule has 0 aliphatic carbocycles. The Kier molecular flexibility index (Phi) is 5.88. The Labute approximate surface area is 159 Å². The maximum absolute atomic E-state index is 12.2. The number of hydrogen-bond donors (Lipinski definition) is 2. The van der Waals surface area contributed by atoms with Crippen LogP contribution in [0.15, 0.2) is 54.9 Å². The summed E-state index contributed by atoms with van der Waals surface area (Å²) in [6.45, 7) is 4.49. The number of hydrogen-bond acceptors (Lipinski definition) is 5. The van der Waals surface area contributed by atoms with E-state index in [1.807, 2.05) is 73.3 Å². The van der Waals surface area contributed by atoms with Gasteiger partial charge in [-0.1, -0.05) is 29.8 Å². The van der Waals surface area contributed by atoms with Crippen LogP contribution in [0.25, 0.3) is 5.82 Å². The topological polar surface area (TPSA) is 88.9 Å². The minimum atomic E-state index is -3.38. The third-order valence-electron chi connectivity index (χ3n) is 3.92. The molecule has 27 heavy (non-hydrogen) atoms. The first-order valence-corrected chi connectivity index (χ1v) is 10.3. The highest BCUT2D eigenvalue weighted by Gasteiger charge is 2.11. The van der Waals surface area contributed by atoms with Crippen molar-refractivity contribution in [3.8, 4) is 5.82 Å². The maximum Gasteiger partial charge on any atom is 0.215 e. The summed E-state index contributed by atoms with van der Waals surface area (Å²) >= 11 is 0. The van der Waals surface area contributed by atoms with Gasteiger partial charge in [0.25, 0.3) is 0 Å². The van der Waals surface area contributed by atoms with E-state index in [0.29, 0.717) is 18.2 Å². The van der Waals surface area contributed by atoms with E-state index in [0.717, 1.165) is 16.9 Å². The Morgan fingerprint density at radius 2 is 1.70 bits per heavy atom. The van der Waals surface area contributed by atoms with Gasteiger partial charge in [0.05, 0.1) is 5.75 Å². The lowest BCUT2D eigenvalue weighted by Crippen LogP contribution is -2.30. The SMILES string of the molecule is Cc1ccc(CS(=O)(=O)NCCNc2cc(-n3cccc3)nc(C)n2)cc1. The maximum atomic E-state index is 12.2. The number of aromatic nitrogens is 3. The number of nitrogens with zero attached hydrogens (tertiary/aromatic N) is 3. The quantitative estimate of drug-likeness (QED) is 0.581. The standard InChI is InChI=1S/C19H23N5O2S/c1-15-5-7-17(8-6-15)14-27(25,26)21-10-9-20-18-13-19(23-16(2)22-18)24-11-3-4-12-24/h3-8,11-13,21H,9-10,14H2,1-2H3,(H,20,22,23). The van der Waals surface area contributed by atoms with Crippen LogP contribution in [0.2, 0.25) is 0 Å². The zero-order chi connectivity index (χ0) is 19.3. The zero-order valence-corrected chi connectivity index (χ0v) is 16.2. The van der Waals surface area contributed by atoms with Crippen LogP contribution in [0.3, 0.4) is 0 Å². The molecule has 7 nitrogen and oxygen atoms in total. The van der Waals surface area contributed by atoms with Crippen LogP contribution in [-0.2, 0) is 15.8 Å². The van der Waals surface area contributed by atoms with Crippen molar-refractivity contribution in [3.63, 3.8) is 0 Å². The predicted molar refractivity (Wildman–Crippen MR) is 106 cm³/mol. The molecule has 0 radical (unpaired) electrons. The van der Waals surface area contributed by atoms with Gasteiger partial charge in [-0.3, -0.25) is 0 Å². The lowest BCUT2D eigenvalue weighted by Gasteiger charge is -2.10. The van der Waals surface area contributed by atoms with Crippen molar-refractivity contribution >= 4 is 15.8 Å². The van der Waals surface area contributed by atoms with Crippen LogP contribution in [0.5, 0.6) is 0 Å². The van der Waals surface area contributed by atoms with Crippen LogP contribution in [0, 0.1) is 13.8 Å². The van der Waals surface area contributed by atoms with Gasteiger partial charge in [0.15, 0.2) is 0 Å². The van der Waals surface area contributed by atoms with Gasteiger partial charge in [-0.25, -0.2) is 23.1 Å². The van der Waals surface area contributed by atoms with Crippen LogP contribution < -0.4 is 10.0 Å². The van der Waals surface area contributed by atoms with Gasteiger partial charge in [0, 0.05) is 31.5 Å². The summed E-state index contributed by atoms with van der Waals surface area (Å²) in [7, 11) is -3.38. The molecule has 1 aromatic carbocycles. The van der Waals surface area contributed by atoms with E-state index in [4.69, 9.17) is 0 Å². The number of rotatable bonds is 8. The Morgan fingerprint density at radius 3 is 2.41 bits per heavy atom. The molecule has 0 spiro atoms. The molecule has 142 valence electrons. The average Bonchev–Trinajstić information content (AvgIpc) is 3.15. The molecule has 0 fully saturated rings. The molecule has 0 saturated heterocycles. The van der Waals surface area contributed by atoms with Gasteiger partial charge >= 0.3 is 0 Å². The molecular formula is C19H23N5O2S. The molecule has 8 heteroatoms. The minimum absolute atomic E-state index is 0.0301. The number of anilines is 1. The molecular weight excluding hydrogens is 362 g/mol. The van der Waals surface area contributed by atoms with Crippen LogP contribution >= 0.6 is 0 Å². The second-order valence-corrected chi connectivity index (χ2v) is 8.12. The molecule has 0 unspecified atom stereocenters. The molecule has 2 aromatic heterocycles. The molecule has 3 rings (SSSR count). The summed E-state index contributed by atoms with van der Waals surface area (Å²) in [6.07, 6.45) is 3.81. The largest absolute Gasteiger partial charge is 0.369 e. The predicted octanol–water partition coefficient (Wildman–Crippen LogP) is 2.42. The Hall–Kier alpha value is -2.71. The van der Waals surface area contributed by atoms with Gasteiger partial charge in [0.1, 0.15) is 17.5 Å². The van der Waals surface area contributed by atoms with Crippen molar-refractivity contribution in [2.45, 2.75) is 19.6 Å². The zero-order valence-electron chi connectivity index (χ0n) is 15.4. The second kappa shape index (κ2) is 8.32. The first kappa shape index (κ1) is 19.1. The van der Waals surface area contributed by atoms with Crippen molar-refractivity contribution in [2.24, 2.45) is 0 Å². The first-order valence-electron chi connectivity index (χ1n) is 8.67. The lowest BCUT2D eigenvalue weighted by atomic mass is 10.2. The highest BCUT2D eigenvalue weighted by Crippen LogP contribution is 2.11. The molecule has 0 bridgehead atoms. The van der Waals surface area contributed by atoms with E-state index in [-0.39, 0.29) is 12.3 Å². The molecule has 2 heterocycles. The van der Waals surface area contributed by atoms with Crippen LogP contribution in [0.1, 0.15) is 17.0 Å². The molecule has 0 aliphatic rings. The van der Waals surface area contributed by atoms with Crippen molar-refractivity contribution in [2.75, 3.05) is 18.4 Å². The van der Waals surface area contributed by atoms with E-state index in [1.54, 1.807) is 0 Å². The Bertz CT molecular complexity index is 983. The number of aryl methyl sites for hydroxylation is 2. The fourth-order valence-electron chi connectivity index (χ4n) is 2.61. The number of benzene rings is 1. The normalized spacial score (nSPS) is 11.5. The third kappa shape index (κ3) is 5.63. The van der Waals surface area contributed by atoms with Gasteiger partial charge in [-0.05, 0) is 31.5 Å². The minimum Gasteiger partial charge on any atom is -0.369 e. The van der Waals surface area contributed by atoms with Crippen molar-refractivity contribution < 1.29 is 8.42 Å². The summed E-state index contributed by atoms with van der Waals surface area (Å²) in [5.41, 5.74) is 1.87. The molecule has 3 aromatic rings. The highest BCUT2D eigenvalue weighted by atomic mass is 32.2. The van der Waals surface area contributed by atoms with Gasteiger partial charge in [-0.15, -0.1) is 0 Å². The van der Waals surface area contributed by atoms with Crippen molar-refractivity contribution in [3.05, 3.63) is 71.8 Å².